The third kappa shape index (κ3) is 5.95. The summed E-state index contributed by atoms with van der Waals surface area (Å²) in [7, 11) is 1.68. The second kappa shape index (κ2) is 10.6. The van der Waals surface area contributed by atoms with Crippen molar-refractivity contribution in [2.24, 2.45) is 10.4 Å². The molecule has 3 N–H and O–H groups in total. The number of hydrogen-bond acceptors (Lipinski definition) is 5. The minimum atomic E-state index is -0.00455. The Balaban J connectivity index is 1.61. The summed E-state index contributed by atoms with van der Waals surface area (Å²) in [5.74, 6) is 1.66. The maximum atomic E-state index is 9.40. The molecular formula is C22H31N3O3S. The molecule has 2 aromatic rings. The molecule has 6 nitrogen and oxygen atoms in total. The number of thiophene rings is 1. The van der Waals surface area contributed by atoms with E-state index in [1.54, 1.807) is 18.4 Å². The molecule has 2 heterocycles. The van der Waals surface area contributed by atoms with E-state index < -0.39 is 0 Å². The van der Waals surface area contributed by atoms with Crippen molar-refractivity contribution in [1.29, 1.82) is 0 Å². The van der Waals surface area contributed by atoms with E-state index in [2.05, 4.69) is 41.1 Å². The molecule has 1 aromatic carbocycles. The van der Waals surface area contributed by atoms with Gasteiger partial charge >= 0.3 is 0 Å². The first kappa shape index (κ1) is 21.6. The van der Waals surface area contributed by atoms with Crippen LogP contribution in [0.15, 0.2) is 40.7 Å². The van der Waals surface area contributed by atoms with Crippen molar-refractivity contribution in [2.75, 3.05) is 40.0 Å². The summed E-state index contributed by atoms with van der Waals surface area (Å²) in [5, 5.41) is 18.3. The fraction of sp³-hybridized carbons (Fsp3) is 0.500. The van der Waals surface area contributed by atoms with Gasteiger partial charge < -0.3 is 25.2 Å². The third-order valence-electron chi connectivity index (χ3n) is 5.27. The Bertz CT molecular complexity index is 783. The Morgan fingerprint density at radius 1 is 1.28 bits per heavy atom. The van der Waals surface area contributed by atoms with E-state index in [0.29, 0.717) is 13.2 Å². The van der Waals surface area contributed by atoms with Crippen LogP contribution in [0.1, 0.15) is 24.6 Å². The van der Waals surface area contributed by atoms with Gasteiger partial charge in [-0.05, 0) is 54.5 Å². The van der Waals surface area contributed by atoms with E-state index in [-0.39, 0.29) is 12.0 Å². The van der Waals surface area contributed by atoms with Crippen LogP contribution in [-0.4, -0.2) is 51.1 Å². The highest BCUT2D eigenvalue weighted by Gasteiger charge is 2.34. The third-order valence-corrected chi connectivity index (χ3v) is 6.19. The molecule has 1 saturated heterocycles. The first-order valence-electron chi connectivity index (χ1n) is 10.1. The van der Waals surface area contributed by atoms with Crippen LogP contribution in [0.25, 0.3) is 11.1 Å². The summed E-state index contributed by atoms with van der Waals surface area (Å²) in [6, 6.07) is 10.3. The lowest BCUT2D eigenvalue weighted by Gasteiger charge is -2.27. The Kier molecular flexibility index (Phi) is 7.91. The van der Waals surface area contributed by atoms with Crippen molar-refractivity contribution < 1.29 is 14.6 Å². The number of hydrogen-bond donors (Lipinski definition) is 3. The number of benzene rings is 1. The van der Waals surface area contributed by atoms with Gasteiger partial charge in [-0.3, -0.25) is 0 Å². The smallest absolute Gasteiger partial charge is 0.191 e. The summed E-state index contributed by atoms with van der Waals surface area (Å²) in [4.78, 5) is 5.96. The lowest BCUT2D eigenvalue weighted by atomic mass is 9.84. The fourth-order valence-electron chi connectivity index (χ4n) is 3.48. The second-order valence-electron chi connectivity index (χ2n) is 7.36. The molecule has 158 valence electrons. The fourth-order valence-corrected chi connectivity index (χ4v) is 4.30. The molecule has 29 heavy (non-hydrogen) atoms. The van der Waals surface area contributed by atoms with Crippen molar-refractivity contribution in [3.8, 4) is 16.9 Å². The van der Waals surface area contributed by atoms with Gasteiger partial charge in [0.05, 0.1) is 20.3 Å². The summed E-state index contributed by atoms with van der Waals surface area (Å²) >= 11 is 1.72. The molecule has 1 aliphatic rings. The van der Waals surface area contributed by atoms with Crippen molar-refractivity contribution in [3.05, 3.63) is 40.6 Å². The first-order valence-corrected chi connectivity index (χ1v) is 11.0. The van der Waals surface area contributed by atoms with Gasteiger partial charge in [-0.1, -0.05) is 12.1 Å². The van der Waals surface area contributed by atoms with Crippen molar-refractivity contribution >= 4 is 17.3 Å². The normalized spacial score (nSPS) is 19.3. The summed E-state index contributed by atoms with van der Waals surface area (Å²) in [6.45, 7) is 5.88. The molecule has 0 aliphatic carbocycles. The molecule has 0 bridgehead atoms. The van der Waals surface area contributed by atoms with Crippen LogP contribution in [-0.2, 0) is 11.3 Å². The van der Waals surface area contributed by atoms with Gasteiger partial charge in [0, 0.05) is 36.6 Å². The Morgan fingerprint density at radius 2 is 2.10 bits per heavy atom. The average molecular weight is 418 g/mol. The SMILES string of the molecule is CCNC(=NCc1cc(-c2ccc(OC)cc2)cs1)NCC1(CCO)CCOC1. The second-order valence-corrected chi connectivity index (χ2v) is 8.35. The standard InChI is InChI=1S/C22H31N3O3S/c1-3-23-21(25-15-22(8-10-26)9-11-28-16-22)24-13-20-12-18(14-29-20)17-4-6-19(27-2)7-5-17/h4-7,12,14,26H,3,8-11,13,15-16H2,1-2H3,(H2,23,24,25). The summed E-state index contributed by atoms with van der Waals surface area (Å²) < 4.78 is 10.8. The Hall–Kier alpha value is -2.09. The minimum Gasteiger partial charge on any atom is -0.497 e. The van der Waals surface area contributed by atoms with Crippen LogP contribution in [0.5, 0.6) is 5.75 Å². The van der Waals surface area contributed by atoms with Crippen LogP contribution in [0.2, 0.25) is 0 Å². The monoisotopic (exact) mass is 417 g/mol. The van der Waals surface area contributed by atoms with Crippen LogP contribution < -0.4 is 15.4 Å². The number of aliphatic imine (C=N–C) groups is 1. The maximum absolute atomic E-state index is 9.40. The lowest BCUT2D eigenvalue weighted by Crippen LogP contribution is -2.44. The van der Waals surface area contributed by atoms with E-state index in [1.165, 1.54) is 16.0 Å². The topological polar surface area (TPSA) is 75.1 Å². The minimum absolute atomic E-state index is 0.00455. The molecule has 0 amide bonds. The van der Waals surface area contributed by atoms with Gasteiger partial charge in [0.15, 0.2) is 5.96 Å². The highest BCUT2D eigenvalue weighted by Crippen LogP contribution is 2.31. The number of methoxy groups -OCH3 is 1. The molecule has 0 spiro atoms. The number of aliphatic hydroxyl groups excluding tert-OH is 1. The molecule has 0 saturated carbocycles. The average Bonchev–Trinajstić information content (AvgIpc) is 3.41. The van der Waals surface area contributed by atoms with Gasteiger partial charge in [-0.25, -0.2) is 4.99 Å². The van der Waals surface area contributed by atoms with Crippen molar-refractivity contribution in [2.45, 2.75) is 26.3 Å². The number of nitrogens with one attached hydrogen (secondary N) is 2. The van der Waals surface area contributed by atoms with Gasteiger partial charge in [0.1, 0.15) is 5.75 Å². The van der Waals surface area contributed by atoms with E-state index in [9.17, 15) is 5.11 Å². The number of ether oxygens (including phenoxy) is 2. The molecule has 1 aromatic heterocycles. The molecule has 1 unspecified atom stereocenters. The number of nitrogens with zero attached hydrogens (tertiary/aromatic N) is 1. The number of aliphatic hydroxyl groups is 1. The van der Waals surface area contributed by atoms with Gasteiger partial charge in [-0.15, -0.1) is 11.3 Å². The molecule has 1 atom stereocenters. The lowest BCUT2D eigenvalue weighted by molar-refractivity contribution is 0.127. The van der Waals surface area contributed by atoms with Crippen LogP contribution in [0, 0.1) is 5.41 Å². The quantitative estimate of drug-likeness (QED) is 0.431. The van der Waals surface area contributed by atoms with E-state index in [1.807, 2.05) is 12.1 Å². The maximum Gasteiger partial charge on any atom is 0.191 e. The van der Waals surface area contributed by atoms with Gasteiger partial charge in [-0.2, -0.15) is 0 Å². The van der Waals surface area contributed by atoms with E-state index >= 15 is 0 Å². The van der Waals surface area contributed by atoms with E-state index in [0.717, 1.165) is 44.2 Å². The van der Waals surface area contributed by atoms with Crippen LogP contribution in [0.3, 0.4) is 0 Å². The first-order chi connectivity index (χ1) is 14.2. The zero-order chi connectivity index (χ0) is 20.5. The zero-order valence-electron chi connectivity index (χ0n) is 17.2. The predicted octanol–water partition coefficient (Wildman–Crippen LogP) is 3.27. The van der Waals surface area contributed by atoms with E-state index in [4.69, 9.17) is 14.5 Å². The predicted molar refractivity (Wildman–Crippen MR) is 119 cm³/mol. The molecule has 1 aliphatic heterocycles. The number of rotatable bonds is 9. The van der Waals surface area contributed by atoms with Gasteiger partial charge in [0.2, 0.25) is 0 Å². The van der Waals surface area contributed by atoms with Crippen LogP contribution >= 0.6 is 11.3 Å². The van der Waals surface area contributed by atoms with Crippen molar-refractivity contribution in [1.82, 2.24) is 10.6 Å². The molecular weight excluding hydrogens is 386 g/mol. The highest BCUT2D eigenvalue weighted by atomic mass is 32.1. The molecule has 3 rings (SSSR count). The van der Waals surface area contributed by atoms with Crippen molar-refractivity contribution in [3.63, 3.8) is 0 Å². The molecule has 0 radical (unpaired) electrons. The Morgan fingerprint density at radius 3 is 2.76 bits per heavy atom. The highest BCUT2D eigenvalue weighted by molar-refractivity contribution is 7.10. The molecule has 1 fully saturated rings. The summed E-state index contributed by atoms with van der Waals surface area (Å²) in [6.07, 6.45) is 1.71. The zero-order valence-corrected chi connectivity index (χ0v) is 18.1. The summed E-state index contributed by atoms with van der Waals surface area (Å²) in [5.41, 5.74) is 2.37. The number of guanidine groups is 1. The largest absolute Gasteiger partial charge is 0.497 e. The van der Waals surface area contributed by atoms with Crippen LogP contribution in [0.4, 0.5) is 0 Å². The van der Waals surface area contributed by atoms with Gasteiger partial charge in [0.25, 0.3) is 0 Å². The Labute approximate surface area is 177 Å². The molecule has 7 heteroatoms.